The number of nitrogens with one attached hydrogen (secondary N) is 1. The number of nitrogens with zero attached hydrogens (tertiary/aromatic N) is 1. The fourth-order valence-electron chi connectivity index (χ4n) is 1.50. The van der Waals surface area contributed by atoms with Crippen molar-refractivity contribution in [1.29, 1.82) is 0 Å². The van der Waals surface area contributed by atoms with Gasteiger partial charge >= 0.3 is 6.18 Å². The Morgan fingerprint density at radius 2 is 2.00 bits per heavy atom. The second-order valence-electron chi connectivity index (χ2n) is 4.74. The molecule has 1 aromatic heterocycles. The molecule has 0 amide bonds. The zero-order valence-electron chi connectivity index (χ0n) is 11.7. The molecule has 0 aliphatic heterocycles. The lowest BCUT2D eigenvalue weighted by Gasteiger charge is -2.22. The number of hydrogen-bond acceptors (Lipinski definition) is 4. The predicted octanol–water partition coefficient (Wildman–Crippen LogP) is 3.11. The maximum Gasteiger partial charge on any atom is 0.422 e. The van der Waals surface area contributed by atoms with Crippen molar-refractivity contribution in [3.8, 4) is 5.88 Å². The van der Waals surface area contributed by atoms with E-state index in [4.69, 9.17) is 4.74 Å². The van der Waals surface area contributed by atoms with Crippen molar-refractivity contribution in [1.82, 2.24) is 4.98 Å². The Balaban J connectivity index is 2.57. The molecule has 0 bridgehead atoms. The van der Waals surface area contributed by atoms with Gasteiger partial charge in [0.25, 0.3) is 0 Å². The molecular weight excluding hydrogens is 273 g/mol. The molecular formula is C13H19F3N2O2. The van der Waals surface area contributed by atoms with E-state index in [-0.39, 0.29) is 11.9 Å². The van der Waals surface area contributed by atoms with Crippen LogP contribution in [0.1, 0.15) is 13.8 Å². The molecule has 0 aromatic carbocycles. The quantitative estimate of drug-likeness (QED) is 0.838. The number of alkyl halides is 3. The summed E-state index contributed by atoms with van der Waals surface area (Å²) in [6.07, 6.45) is -2.92. The summed E-state index contributed by atoms with van der Waals surface area (Å²) in [5, 5.41) is 3.21. The summed E-state index contributed by atoms with van der Waals surface area (Å²) in [5.41, 5.74) is 0.708. The van der Waals surface area contributed by atoms with E-state index >= 15 is 0 Å². The van der Waals surface area contributed by atoms with E-state index in [2.05, 4.69) is 15.0 Å². The molecule has 1 rings (SSSR count). The van der Waals surface area contributed by atoms with E-state index in [0.29, 0.717) is 18.2 Å². The second kappa shape index (κ2) is 7.33. The lowest BCUT2D eigenvalue weighted by molar-refractivity contribution is -0.154. The Labute approximate surface area is 116 Å². The number of halogens is 3. The van der Waals surface area contributed by atoms with E-state index < -0.39 is 12.8 Å². The minimum Gasteiger partial charge on any atom is -0.468 e. The first-order chi connectivity index (χ1) is 9.31. The van der Waals surface area contributed by atoms with Crippen molar-refractivity contribution in [3.63, 3.8) is 0 Å². The van der Waals surface area contributed by atoms with Crippen molar-refractivity contribution >= 4 is 5.69 Å². The van der Waals surface area contributed by atoms with Crippen molar-refractivity contribution in [2.24, 2.45) is 5.92 Å². The standard InChI is InChI=1S/C13H19F3N2O2/c1-9(2)11(7-19-3)18-10-4-5-12(17-6-10)20-8-13(14,15)16/h4-6,9,11,18H,7-8H2,1-3H3. The molecule has 1 unspecified atom stereocenters. The van der Waals surface area contributed by atoms with Crippen LogP contribution < -0.4 is 10.1 Å². The van der Waals surface area contributed by atoms with Crippen LogP contribution in [0.5, 0.6) is 5.88 Å². The highest BCUT2D eigenvalue weighted by atomic mass is 19.4. The van der Waals surface area contributed by atoms with E-state index in [0.717, 1.165) is 0 Å². The molecule has 0 aliphatic rings. The number of anilines is 1. The van der Waals surface area contributed by atoms with Crippen LogP contribution in [-0.4, -0.2) is 37.5 Å². The average molecular weight is 292 g/mol. The van der Waals surface area contributed by atoms with Gasteiger partial charge in [-0.1, -0.05) is 13.8 Å². The second-order valence-corrected chi connectivity index (χ2v) is 4.74. The summed E-state index contributed by atoms with van der Waals surface area (Å²) in [6, 6.07) is 3.13. The molecule has 1 heterocycles. The highest BCUT2D eigenvalue weighted by Crippen LogP contribution is 2.19. The Morgan fingerprint density at radius 3 is 2.45 bits per heavy atom. The van der Waals surface area contributed by atoms with Gasteiger partial charge in [0.15, 0.2) is 6.61 Å². The van der Waals surface area contributed by atoms with Crippen molar-refractivity contribution in [2.75, 3.05) is 25.6 Å². The molecule has 4 nitrogen and oxygen atoms in total. The van der Waals surface area contributed by atoms with Gasteiger partial charge < -0.3 is 14.8 Å². The molecule has 20 heavy (non-hydrogen) atoms. The van der Waals surface area contributed by atoms with Crippen LogP contribution in [0.3, 0.4) is 0 Å². The summed E-state index contributed by atoms with van der Waals surface area (Å²) < 4.78 is 45.6. The number of hydrogen-bond donors (Lipinski definition) is 1. The first-order valence-corrected chi connectivity index (χ1v) is 6.23. The van der Waals surface area contributed by atoms with Crippen LogP contribution in [0.15, 0.2) is 18.3 Å². The Bertz CT molecular complexity index is 394. The van der Waals surface area contributed by atoms with Crippen LogP contribution in [0, 0.1) is 5.92 Å². The van der Waals surface area contributed by atoms with Crippen LogP contribution in [0.2, 0.25) is 0 Å². The average Bonchev–Trinajstić information content (AvgIpc) is 2.36. The SMILES string of the molecule is COCC(Nc1ccc(OCC(F)(F)F)nc1)C(C)C. The van der Waals surface area contributed by atoms with E-state index in [1.807, 2.05) is 13.8 Å². The number of rotatable bonds is 7. The Kier molecular flexibility index (Phi) is 6.06. The molecule has 0 saturated carbocycles. The van der Waals surface area contributed by atoms with Crippen LogP contribution >= 0.6 is 0 Å². The zero-order valence-corrected chi connectivity index (χ0v) is 11.7. The lowest BCUT2D eigenvalue weighted by atomic mass is 10.1. The third-order valence-corrected chi connectivity index (χ3v) is 2.62. The largest absolute Gasteiger partial charge is 0.468 e. The molecule has 0 saturated heterocycles. The third-order valence-electron chi connectivity index (χ3n) is 2.62. The van der Waals surface area contributed by atoms with Crippen LogP contribution in [0.25, 0.3) is 0 Å². The molecule has 114 valence electrons. The summed E-state index contributed by atoms with van der Waals surface area (Å²) in [7, 11) is 1.61. The van der Waals surface area contributed by atoms with Crippen LogP contribution in [0.4, 0.5) is 18.9 Å². The fourth-order valence-corrected chi connectivity index (χ4v) is 1.50. The highest BCUT2D eigenvalue weighted by molar-refractivity contribution is 5.43. The zero-order chi connectivity index (χ0) is 15.2. The van der Waals surface area contributed by atoms with Gasteiger partial charge in [-0.25, -0.2) is 4.98 Å². The van der Waals surface area contributed by atoms with Gasteiger partial charge in [0.2, 0.25) is 5.88 Å². The van der Waals surface area contributed by atoms with Gasteiger partial charge in [-0.2, -0.15) is 13.2 Å². The van der Waals surface area contributed by atoms with Crippen LogP contribution in [-0.2, 0) is 4.74 Å². The van der Waals surface area contributed by atoms with E-state index in [9.17, 15) is 13.2 Å². The maximum atomic E-state index is 12.0. The Hall–Kier alpha value is -1.50. The molecule has 0 spiro atoms. The molecule has 1 atom stereocenters. The number of methoxy groups -OCH3 is 1. The molecule has 1 aromatic rings. The minimum atomic E-state index is -4.36. The summed E-state index contributed by atoms with van der Waals surface area (Å²) in [4.78, 5) is 3.83. The normalized spacial score (nSPS) is 13.3. The summed E-state index contributed by atoms with van der Waals surface area (Å²) in [5.74, 6) is 0.289. The number of ether oxygens (including phenoxy) is 2. The van der Waals surface area contributed by atoms with Crippen molar-refractivity contribution in [2.45, 2.75) is 26.1 Å². The molecule has 7 heteroatoms. The highest BCUT2D eigenvalue weighted by Gasteiger charge is 2.28. The monoisotopic (exact) mass is 292 g/mol. The number of aromatic nitrogens is 1. The topological polar surface area (TPSA) is 43.4 Å². The van der Waals surface area contributed by atoms with Gasteiger partial charge in [0, 0.05) is 13.2 Å². The maximum absolute atomic E-state index is 12.0. The lowest BCUT2D eigenvalue weighted by Crippen LogP contribution is -2.30. The molecule has 0 fully saturated rings. The van der Waals surface area contributed by atoms with E-state index in [1.54, 1.807) is 13.2 Å². The summed E-state index contributed by atoms with van der Waals surface area (Å²) in [6.45, 7) is 3.28. The van der Waals surface area contributed by atoms with Gasteiger partial charge in [0.1, 0.15) is 0 Å². The molecule has 0 aliphatic carbocycles. The number of pyridine rings is 1. The fraction of sp³-hybridized carbons (Fsp3) is 0.615. The minimum absolute atomic E-state index is 0.0549. The van der Waals surface area contributed by atoms with E-state index in [1.165, 1.54) is 12.3 Å². The van der Waals surface area contributed by atoms with Gasteiger partial charge in [-0.05, 0) is 12.0 Å². The van der Waals surface area contributed by atoms with Gasteiger partial charge in [0.05, 0.1) is 24.5 Å². The third kappa shape index (κ3) is 6.10. The molecule has 1 N–H and O–H groups in total. The smallest absolute Gasteiger partial charge is 0.422 e. The predicted molar refractivity (Wildman–Crippen MR) is 69.9 cm³/mol. The first kappa shape index (κ1) is 16.6. The first-order valence-electron chi connectivity index (χ1n) is 6.23. The van der Waals surface area contributed by atoms with Gasteiger partial charge in [-0.15, -0.1) is 0 Å². The van der Waals surface area contributed by atoms with Crippen molar-refractivity contribution < 1.29 is 22.6 Å². The summed E-state index contributed by atoms with van der Waals surface area (Å²) >= 11 is 0. The van der Waals surface area contributed by atoms with Gasteiger partial charge in [-0.3, -0.25) is 0 Å². The Morgan fingerprint density at radius 1 is 1.30 bits per heavy atom. The molecule has 0 radical (unpaired) electrons. The van der Waals surface area contributed by atoms with Crippen molar-refractivity contribution in [3.05, 3.63) is 18.3 Å².